The first-order chi connectivity index (χ1) is 8.31. The number of ether oxygens (including phenoxy) is 2. The fourth-order valence-corrected chi connectivity index (χ4v) is 1.43. The number of aliphatic carboxylic acids is 2. The molecule has 0 aliphatic heterocycles. The van der Waals surface area contributed by atoms with Crippen molar-refractivity contribution in [2.75, 3.05) is 20.8 Å². The number of hydrogen-bond acceptors (Lipinski definition) is 7. The quantitative estimate of drug-likeness (QED) is 0.353. The van der Waals surface area contributed by atoms with E-state index >= 15 is 0 Å². The van der Waals surface area contributed by atoms with Gasteiger partial charge in [0.25, 0.3) is 0 Å². The summed E-state index contributed by atoms with van der Waals surface area (Å²) in [5.74, 6) is -4.39. The summed E-state index contributed by atoms with van der Waals surface area (Å²) in [6.45, 7) is 3.06. The van der Waals surface area contributed by atoms with Crippen LogP contribution < -0.4 is 10.2 Å². The number of carboxylic acids is 2. The van der Waals surface area contributed by atoms with Gasteiger partial charge in [-0.3, -0.25) is 4.79 Å². The molecule has 1 atom stereocenters. The van der Waals surface area contributed by atoms with E-state index in [1.165, 1.54) is 7.11 Å². The van der Waals surface area contributed by atoms with Crippen LogP contribution in [0.4, 0.5) is 0 Å². The van der Waals surface area contributed by atoms with Crippen molar-refractivity contribution in [2.24, 2.45) is 5.41 Å². The van der Waals surface area contributed by atoms with Crippen LogP contribution in [0.2, 0.25) is 0 Å². The van der Waals surface area contributed by atoms with E-state index < -0.39 is 35.3 Å². The van der Waals surface area contributed by atoms with Crippen LogP contribution in [0.5, 0.6) is 0 Å². The van der Waals surface area contributed by atoms with E-state index in [0.29, 0.717) is 0 Å². The standard InChI is InChI=1S/C11H16O7/c1-7(9(13)14)11(10(15)16,4-5-17-2)6-8(12)18-3/h1,4-6H2,2-3H3,(H,13,14)(H,15,16)/p-2. The van der Waals surface area contributed by atoms with Crippen molar-refractivity contribution in [3.05, 3.63) is 12.2 Å². The van der Waals surface area contributed by atoms with Crippen molar-refractivity contribution < 1.29 is 34.1 Å². The largest absolute Gasteiger partial charge is 0.549 e. The van der Waals surface area contributed by atoms with Gasteiger partial charge in [-0.15, -0.1) is 0 Å². The Morgan fingerprint density at radius 3 is 2.11 bits per heavy atom. The first-order valence-electron chi connectivity index (χ1n) is 4.99. The molecule has 0 aromatic carbocycles. The molecule has 18 heavy (non-hydrogen) atoms. The van der Waals surface area contributed by atoms with Gasteiger partial charge in [0, 0.05) is 19.1 Å². The Hall–Kier alpha value is -1.89. The maximum atomic E-state index is 11.2. The monoisotopic (exact) mass is 258 g/mol. The third kappa shape index (κ3) is 3.56. The lowest BCUT2D eigenvalue weighted by Crippen LogP contribution is -2.49. The van der Waals surface area contributed by atoms with Crippen molar-refractivity contribution in [1.82, 2.24) is 0 Å². The van der Waals surface area contributed by atoms with E-state index in [4.69, 9.17) is 4.74 Å². The third-order valence-corrected chi connectivity index (χ3v) is 2.62. The second-order valence-corrected chi connectivity index (χ2v) is 3.63. The normalized spacial score (nSPS) is 13.4. The minimum atomic E-state index is -2.10. The lowest BCUT2D eigenvalue weighted by molar-refractivity contribution is -0.322. The number of carbonyl (C=O) groups excluding carboxylic acids is 3. The molecule has 1 unspecified atom stereocenters. The fraction of sp³-hybridized carbons (Fsp3) is 0.545. The molecular formula is C11H14O7-2. The average molecular weight is 258 g/mol. The molecule has 0 aliphatic carbocycles. The van der Waals surface area contributed by atoms with Crippen LogP contribution >= 0.6 is 0 Å². The Balaban J connectivity index is 5.41. The molecule has 0 rings (SSSR count). The van der Waals surface area contributed by atoms with E-state index in [-0.39, 0.29) is 13.0 Å². The zero-order valence-electron chi connectivity index (χ0n) is 10.2. The second kappa shape index (κ2) is 6.75. The average Bonchev–Trinajstić information content (AvgIpc) is 2.32. The summed E-state index contributed by atoms with van der Waals surface area (Å²) in [6, 6.07) is 0. The SMILES string of the molecule is C=C(C(=O)[O-])C(CCOC)(CC(=O)OC)C(=O)[O-]. The van der Waals surface area contributed by atoms with Crippen molar-refractivity contribution in [2.45, 2.75) is 12.8 Å². The van der Waals surface area contributed by atoms with Crippen LogP contribution in [0.1, 0.15) is 12.8 Å². The van der Waals surface area contributed by atoms with Crippen molar-refractivity contribution >= 4 is 17.9 Å². The zero-order valence-corrected chi connectivity index (χ0v) is 10.2. The minimum Gasteiger partial charge on any atom is -0.549 e. The molecule has 0 aromatic rings. The van der Waals surface area contributed by atoms with Gasteiger partial charge in [0.2, 0.25) is 0 Å². The number of carbonyl (C=O) groups is 3. The molecule has 0 saturated carbocycles. The lowest BCUT2D eigenvalue weighted by Gasteiger charge is -2.36. The summed E-state index contributed by atoms with van der Waals surface area (Å²) in [4.78, 5) is 33.2. The predicted octanol–water partition coefficient (Wildman–Crippen LogP) is -2.37. The highest BCUT2D eigenvalue weighted by molar-refractivity contribution is 5.96. The zero-order chi connectivity index (χ0) is 14.3. The molecule has 0 amide bonds. The molecule has 0 saturated heterocycles. The van der Waals surface area contributed by atoms with E-state index in [1.54, 1.807) is 0 Å². The summed E-state index contributed by atoms with van der Waals surface area (Å²) >= 11 is 0. The van der Waals surface area contributed by atoms with Gasteiger partial charge in [0.15, 0.2) is 0 Å². The first kappa shape index (κ1) is 16.1. The Morgan fingerprint density at radius 2 is 1.78 bits per heavy atom. The Morgan fingerprint density at radius 1 is 1.22 bits per heavy atom. The van der Waals surface area contributed by atoms with Crippen molar-refractivity contribution in [3.63, 3.8) is 0 Å². The lowest BCUT2D eigenvalue weighted by atomic mass is 9.75. The van der Waals surface area contributed by atoms with Crippen molar-refractivity contribution in [3.8, 4) is 0 Å². The van der Waals surface area contributed by atoms with E-state index in [0.717, 1.165) is 7.11 Å². The fourth-order valence-electron chi connectivity index (χ4n) is 1.43. The molecule has 0 N–H and O–H groups in total. The molecule has 0 heterocycles. The summed E-state index contributed by atoms with van der Waals surface area (Å²) < 4.78 is 9.04. The van der Waals surface area contributed by atoms with Crippen LogP contribution in [0.25, 0.3) is 0 Å². The Bertz CT molecular complexity index is 360. The van der Waals surface area contributed by atoms with Crippen LogP contribution in [-0.2, 0) is 23.9 Å². The molecule has 0 bridgehead atoms. The summed E-state index contributed by atoms with van der Waals surface area (Å²) in [5.41, 5.74) is -2.84. The smallest absolute Gasteiger partial charge is 0.306 e. The predicted molar refractivity (Wildman–Crippen MR) is 54.7 cm³/mol. The van der Waals surface area contributed by atoms with Crippen LogP contribution in [0.15, 0.2) is 12.2 Å². The minimum absolute atomic E-state index is 0.0860. The number of hydrogen-bond donors (Lipinski definition) is 0. The maximum Gasteiger partial charge on any atom is 0.306 e. The Kier molecular flexibility index (Phi) is 6.04. The molecule has 0 radical (unpaired) electrons. The number of rotatable bonds is 8. The first-order valence-corrected chi connectivity index (χ1v) is 4.99. The van der Waals surface area contributed by atoms with Gasteiger partial charge in [-0.05, 0) is 12.0 Å². The van der Waals surface area contributed by atoms with E-state index in [9.17, 15) is 24.6 Å². The Labute approximate surface area is 104 Å². The summed E-state index contributed by atoms with van der Waals surface area (Å²) in [6.07, 6.45) is -0.990. The van der Waals surface area contributed by atoms with Gasteiger partial charge in [-0.25, -0.2) is 0 Å². The second-order valence-electron chi connectivity index (χ2n) is 3.63. The highest BCUT2D eigenvalue weighted by Crippen LogP contribution is 2.34. The molecule has 0 fully saturated rings. The van der Waals surface area contributed by atoms with Gasteiger partial charge in [-0.1, -0.05) is 6.58 Å². The number of methoxy groups -OCH3 is 2. The van der Waals surface area contributed by atoms with Gasteiger partial charge in [0.05, 0.1) is 25.5 Å². The third-order valence-electron chi connectivity index (χ3n) is 2.62. The van der Waals surface area contributed by atoms with E-state index in [1.807, 2.05) is 0 Å². The van der Waals surface area contributed by atoms with Crippen LogP contribution in [-0.4, -0.2) is 38.7 Å². The molecule has 0 spiro atoms. The molecule has 0 aliphatic rings. The van der Waals surface area contributed by atoms with Gasteiger partial charge in [0.1, 0.15) is 0 Å². The van der Waals surface area contributed by atoms with E-state index in [2.05, 4.69) is 11.3 Å². The molecule has 102 valence electrons. The number of carboxylic acid groups (broad SMARTS) is 2. The molecular weight excluding hydrogens is 244 g/mol. The van der Waals surface area contributed by atoms with Gasteiger partial charge >= 0.3 is 5.97 Å². The molecule has 0 aromatic heterocycles. The highest BCUT2D eigenvalue weighted by atomic mass is 16.5. The summed E-state index contributed by atoms with van der Waals surface area (Å²) in [7, 11) is 2.36. The van der Waals surface area contributed by atoms with Gasteiger partial charge < -0.3 is 29.3 Å². The number of esters is 1. The molecule has 7 heteroatoms. The molecule has 7 nitrogen and oxygen atoms in total. The summed E-state index contributed by atoms with van der Waals surface area (Å²) in [5, 5.41) is 22.0. The van der Waals surface area contributed by atoms with Crippen LogP contribution in [0.3, 0.4) is 0 Å². The topological polar surface area (TPSA) is 116 Å². The van der Waals surface area contributed by atoms with Crippen molar-refractivity contribution in [1.29, 1.82) is 0 Å². The maximum absolute atomic E-state index is 11.2. The van der Waals surface area contributed by atoms with Gasteiger partial charge in [-0.2, -0.15) is 0 Å². The van der Waals surface area contributed by atoms with Crippen LogP contribution in [0, 0.1) is 5.41 Å². The highest BCUT2D eigenvalue weighted by Gasteiger charge is 2.38.